The molecular formula is C17H21BrO2. The number of aliphatic hydroxyl groups excluding tert-OH is 1. The van der Waals surface area contributed by atoms with Gasteiger partial charge < -0.3 is 9.52 Å². The fourth-order valence-electron chi connectivity index (χ4n) is 3.56. The minimum absolute atomic E-state index is 0.341. The van der Waals surface area contributed by atoms with Crippen molar-refractivity contribution < 1.29 is 9.52 Å². The molecule has 20 heavy (non-hydrogen) atoms. The summed E-state index contributed by atoms with van der Waals surface area (Å²) in [6, 6.07) is 7.98. The van der Waals surface area contributed by atoms with Crippen molar-refractivity contribution in [2.45, 2.75) is 45.1 Å². The Morgan fingerprint density at radius 1 is 1.35 bits per heavy atom. The molecule has 3 rings (SSSR count). The standard InChI is InChI=1S/C17H21BrO2/c1-2-11-6-3-4-8-13(11)16(19)15-10-12-7-5-9-14(18)17(12)20-15/h5,7,9-11,13,16,19H,2-4,6,8H2,1H3. The van der Waals surface area contributed by atoms with Crippen LogP contribution < -0.4 is 0 Å². The van der Waals surface area contributed by atoms with Crippen LogP contribution in [-0.4, -0.2) is 5.11 Å². The Labute approximate surface area is 128 Å². The first-order valence-electron chi connectivity index (χ1n) is 7.56. The monoisotopic (exact) mass is 336 g/mol. The van der Waals surface area contributed by atoms with E-state index in [0.29, 0.717) is 11.8 Å². The molecule has 1 aromatic carbocycles. The molecule has 1 aliphatic rings. The third kappa shape index (κ3) is 2.53. The van der Waals surface area contributed by atoms with Crippen LogP contribution in [0.5, 0.6) is 0 Å². The molecule has 1 aromatic heterocycles. The lowest BCUT2D eigenvalue weighted by Gasteiger charge is -2.33. The van der Waals surface area contributed by atoms with E-state index in [2.05, 4.69) is 22.9 Å². The molecule has 1 saturated carbocycles. The molecule has 0 amide bonds. The van der Waals surface area contributed by atoms with Gasteiger partial charge in [-0.25, -0.2) is 0 Å². The third-order valence-corrected chi connectivity index (χ3v) is 5.33. The molecule has 2 aromatic rings. The van der Waals surface area contributed by atoms with Crippen molar-refractivity contribution in [3.63, 3.8) is 0 Å². The molecule has 1 aliphatic carbocycles. The van der Waals surface area contributed by atoms with Gasteiger partial charge in [0, 0.05) is 5.39 Å². The van der Waals surface area contributed by atoms with Crippen LogP contribution in [0.4, 0.5) is 0 Å². The maximum Gasteiger partial charge on any atom is 0.148 e. The summed E-state index contributed by atoms with van der Waals surface area (Å²) in [6.45, 7) is 2.23. The Bertz CT molecular complexity index is 590. The molecule has 0 spiro atoms. The molecule has 0 saturated heterocycles. The van der Waals surface area contributed by atoms with E-state index in [4.69, 9.17) is 4.42 Å². The van der Waals surface area contributed by atoms with Gasteiger partial charge >= 0.3 is 0 Å². The van der Waals surface area contributed by atoms with Crippen LogP contribution in [0, 0.1) is 11.8 Å². The van der Waals surface area contributed by atoms with E-state index >= 15 is 0 Å². The molecule has 108 valence electrons. The number of halogens is 1. The summed E-state index contributed by atoms with van der Waals surface area (Å²) in [5.41, 5.74) is 0.838. The number of rotatable bonds is 3. The Hall–Kier alpha value is -0.800. The van der Waals surface area contributed by atoms with Crippen LogP contribution in [0.1, 0.15) is 50.9 Å². The molecule has 3 heteroatoms. The first kappa shape index (κ1) is 14.2. The largest absolute Gasteiger partial charge is 0.457 e. The van der Waals surface area contributed by atoms with E-state index in [1.54, 1.807) is 0 Å². The molecule has 0 bridgehead atoms. The maximum absolute atomic E-state index is 10.7. The molecule has 0 aliphatic heterocycles. The third-order valence-electron chi connectivity index (χ3n) is 4.70. The van der Waals surface area contributed by atoms with Crippen molar-refractivity contribution >= 4 is 26.9 Å². The zero-order valence-electron chi connectivity index (χ0n) is 11.8. The highest BCUT2D eigenvalue weighted by atomic mass is 79.9. The lowest BCUT2D eigenvalue weighted by molar-refractivity contribution is 0.0309. The zero-order chi connectivity index (χ0) is 14.1. The van der Waals surface area contributed by atoms with Gasteiger partial charge in [-0.1, -0.05) is 44.7 Å². The Morgan fingerprint density at radius 3 is 2.90 bits per heavy atom. The molecule has 1 fully saturated rings. The smallest absolute Gasteiger partial charge is 0.148 e. The topological polar surface area (TPSA) is 33.4 Å². The SMILES string of the molecule is CCC1CCCCC1C(O)c1cc2cccc(Br)c2o1. The van der Waals surface area contributed by atoms with Crippen LogP contribution in [0.2, 0.25) is 0 Å². The molecule has 1 N–H and O–H groups in total. The Morgan fingerprint density at radius 2 is 2.15 bits per heavy atom. The second kappa shape index (κ2) is 5.90. The van der Waals surface area contributed by atoms with E-state index in [-0.39, 0.29) is 0 Å². The quantitative estimate of drug-likeness (QED) is 0.808. The van der Waals surface area contributed by atoms with Crippen molar-refractivity contribution in [3.8, 4) is 0 Å². The summed E-state index contributed by atoms with van der Waals surface area (Å²) < 4.78 is 6.86. The average Bonchev–Trinajstić information content (AvgIpc) is 2.92. The van der Waals surface area contributed by atoms with Crippen LogP contribution >= 0.6 is 15.9 Å². The fraction of sp³-hybridized carbons (Fsp3) is 0.529. The number of para-hydroxylation sites is 1. The van der Waals surface area contributed by atoms with Gasteiger partial charge in [-0.15, -0.1) is 0 Å². The lowest BCUT2D eigenvalue weighted by atomic mass is 9.74. The van der Waals surface area contributed by atoms with Crippen molar-refractivity contribution in [2.75, 3.05) is 0 Å². The molecule has 0 radical (unpaired) electrons. The summed E-state index contributed by atoms with van der Waals surface area (Å²) in [6.07, 6.45) is 5.54. The first-order chi connectivity index (χ1) is 9.70. The fourth-order valence-corrected chi connectivity index (χ4v) is 4.03. The van der Waals surface area contributed by atoms with Crippen molar-refractivity contribution in [3.05, 3.63) is 34.5 Å². The van der Waals surface area contributed by atoms with Crippen LogP contribution in [0.25, 0.3) is 11.0 Å². The van der Waals surface area contributed by atoms with Gasteiger partial charge in [-0.3, -0.25) is 0 Å². The Balaban J connectivity index is 1.91. The normalized spacial score (nSPS) is 24.9. The molecule has 1 heterocycles. The maximum atomic E-state index is 10.7. The first-order valence-corrected chi connectivity index (χ1v) is 8.36. The van der Waals surface area contributed by atoms with Crippen LogP contribution in [0.15, 0.2) is 33.2 Å². The van der Waals surface area contributed by atoms with E-state index in [1.807, 2.05) is 24.3 Å². The number of furan rings is 1. The summed E-state index contributed by atoms with van der Waals surface area (Å²) in [5.74, 6) is 1.68. The minimum Gasteiger partial charge on any atom is -0.457 e. The van der Waals surface area contributed by atoms with Gasteiger partial charge in [-0.05, 0) is 46.3 Å². The molecule has 2 nitrogen and oxygen atoms in total. The van der Waals surface area contributed by atoms with Gasteiger partial charge in [0.15, 0.2) is 0 Å². The van der Waals surface area contributed by atoms with Crippen LogP contribution in [-0.2, 0) is 0 Å². The number of benzene rings is 1. The summed E-state index contributed by atoms with van der Waals surface area (Å²) >= 11 is 3.51. The summed E-state index contributed by atoms with van der Waals surface area (Å²) in [4.78, 5) is 0. The minimum atomic E-state index is -0.473. The molecule has 3 atom stereocenters. The van der Waals surface area contributed by atoms with Crippen molar-refractivity contribution in [1.29, 1.82) is 0 Å². The van der Waals surface area contributed by atoms with Crippen LogP contribution in [0.3, 0.4) is 0 Å². The number of hydrogen-bond donors (Lipinski definition) is 1. The Kier molecular flexibility index (Phi) is 4.18. The lowest BCUT2D eigenvalue weighted by Crippen LogP contribution is -2.25. The van der Waals surface area contributed by atoms with Gasteiger partial charge in [0.25, 0.3) is 0 Å². The predicted molar refractivity (Wildman–Crippen MR) is 84.6 cm³/mol. The van der Waals surface area contributed by atoms with Gasteiger partial charge in [0.1, 0.15) is 17.4 Å². The molecular weight excluding hydrogens is 316 g/mol. The number of hydrogen-bond acceptors (Lipinski definition) is 2. The summed E-state index contributed by atoms with van der Waals surface area (Å²) in [7, 11) is 0. The van der Waals surface area contributed by atoms with Gasteiger partial charge in [-0.2, -0.15) is 0 Å². The zero-order valence-corrected chi connectivity index (χ0v) is 13.4. The predicted octanol–water partition coefficient (Wildman–Crippen LogP) is 5.45. The number of aliphatic hydroxyl groups is 1. The van der Waals surface area contributed by atoms with E-state index in [1.165, 1.54) is 19.3 Å². The second-order valence-electron chi connectivity index (χ2n) is 5.87. The van der Waals surface area contributed by atoms with Crippen molar-refractivity contribution in [1.82, 2.24) is 0 Å². The number of fused-ring (bicyclic) bond motifs is 1. The van der Waals surface area contributed by atoms with E-state index in [0.717, 1.165) is 34.0 Å². The average molecular weight is 337 g/mol. The van der Waals surface area contributed by atoms with Crippen molar-refractivity contribution in [2.24, 2.45) is 11.8 Å². The molecule has 3 unspecified atom stereocenters. The summed E-state index contributed by atoms with van der Waals surface area (Å²) in [5, 5.41) is 11.8. The van der Waals surface area contributed by atoms with E-state index in [9.17, 15) is 5.11 Å². The van der Waals surface area contributed by atoms with E-state index < -0.39 is 6.10 Å². The highest BCUT2D eigenvalue weighted by molar-refractivity contribution is 9.10. The van der Waals surface area contributed by atoms with Gasteiger partial charge in [0.05, 0.1) is 4.47 Å². The highest BCUT2D eigenvalue weighted by Gasteiger charge is 2.32. The highest BCUT2D eigenvalue weighted by Crippen LogP contribution is 2.41. The second-order valence-corrected chi connectivity index (χ2v) is 6.72. The van der Waals surface area contributed by atoms with Gasteiger partial charge in [0.2, 0.25) is 0 Å².